The monoisotopic (exact) mass is 497 g/mol. The van der Waals surface area contributed by atoms with Crippen molar-refractivity contribution in [1.29, 1.82) is 0 Å². The molecule has 1 aliphatic heterocycles. The molecule has 2 unspecified atom stereocenters. The number of nitrogens with zero attached hydrogens (tertiary/aromatic N) is 1. The van der Waals surface area contributed by atoms with E-state index in [-0.39, 0.29) is 24.5 Å². The molecule has 35 heavy (non-hydrogen) atoms. The number of esters is 1. The fraction of sp³-hybridized carbons (Fsp3) is 0.385. The van der Waals surface area contributed by atoms with Crippen molar-refractivity contribution >= 4 is 27.0 Å². The molecule has 0 radical (unpaired) electrons. The summed E-state index contributed by atoms with van der Waals surface area (Å²) in [7, 11) is -4.03. The number of aliphatic hydroxyl groups excluding tert-OH is 1. The van der Waals surface area contributed by atoms with Crippen molar-refractivity contribution < 1.29 is 27.5 Å². The van der Waals surface area contributed by atoms with E-state index >= 15 is 0 Å². The van der Waals surface area contributed by atoms with Gasteiger partial charge < -0.3 is 14.3 Å². The van der Waals surface area contributed by atoms with Crippen molar-refractivity contribution in [3.8, 4) is 0 Å². The van der Waals surface area contributed by atoms with Crippen molar-refractivity contribution in [3.63, 3.8) is 0 Å². The summed E-state index contributed by atoms with van der Waals surface area (Å²) in [5, 5.41) is 10.9. The van der Waals surface area contributed by atoms with E-state index in [0.29, 0.717) is 16.5 Å². The van der Waals surface area contributed by atoms with Crippen LogP contribution in [0.25, 0.3) is 11.0 Å². The van der Waals surface area contributed by atoms with E-state index in [4.69, 9.17) is 9.15 Å². The van der Waals surface area contributed by atoms with E-state index in [2.05, 4.69) is 0 Å². The number of aryl methyl sites for hydroxylation is 4. The molecule has 2 aliphatic rings. The molecule has 2 atom stereocenters. The predicted octanol–water partition coefficient (Wildman–Crippen LogP) is 2.77. The van der Waals surface area contributed by atoms with E-state index in [0.717, 1.165) is 40.3 Å². The number of hydrogen-bond acceptors (Lipinski definition) is 7. The van der Waals surface area contributed by atoms with Crippen LogP contribution in [0.15, 0.2) is 50.5 Å². The maximum absolute atomic E-state index is 13.3. The first-order valence-electron chi connectivity index (χ1n) is 11.7. The molecule has 184 valence electrons. The van der Waals surface area contributed by atoms with Gasteiger partial charge in [0.05, 0.1) is 11.0 Å². The van der Waals surface area contributed by atoms with Gasteiger partial charge in [0.1, 0.15) is 18.2 Å². The van der Waals surface area contributed by atoms with Gasteiger partial charge in [0.25, 0.3) is 0 Å². The molecule has 1 aliphatic carbocycles. The van der Waals surface area contributed by atoms with Crippen molar-refractivity contribution in [2.45, 2.75) is 63.2 Å². The lowest BCUT2D eigenvalue weighted by atomic mass is 10.0. The van der Waals surface area contributed by atoms with Gasteiger partial charge in [0.15, 0.2) is 0 Å². The van der Waals surface area contributed by atoms with Gasteiger partial charge in [0, 0.05) is 30.0 Å². The average Bonchev–Trinajstić information content (AvgIpc) is 3.43. The van der Waals surface area contributed by atoms with Gasteiger partial charge in [-0.15, -0.1) is 0 Å². The van der Waals surface area contributed by atoms with Crippen LogP contribution in [0.1, 0.15) is 40.7 Å². The number of ether oxygens (including phenoxy) is 1. The fourth-order valence-electron chi connectivity index (χ4n) is 4.93. The lowest BCUT2D eigenvalue weighted by molar-refractivity contribution is -0.148. The standard InChI is InChI=1S/C26H27NO7S/c1-15-6-7-21(8-16(15)2)35(31,32)27-13-20(28)12-23(27)26(30)33-14-19-11-25(29)34-24-10-18-5-3-4-17(18)9-22(19)24/h6-11,20,23,28H,3-5,12-14H2,1-2H3. The minimum Gasteiger partial charge on any atom is -0.460 e. The molecule has 2 heterocycles. The molecule has 1 fully saturated rings. The molecule has 3 aromatic rings. The summed E-state index contributed by atoms with van der Waals surface area (Å²) in [6.07, 6.45) is 1.86. The Balaban J connectivity index is 1.40. The second-order valence-corrected chi connectivity index (χ2v) is 11.3. The molecule has 9 heteroatoms. The number of carbonyl (C=O) groups is 1. The Kier molecular flexibility index (Phi) is 6.03. The zero-order valence-electron chi connectivity index (χ0n) is 19.6. The summed E-state index contributed by atoms with van der Waals surface area (Å²) in [5.41, 5.74) is 4.50. The van der Waals surface area contributed by atoms with Crippen molar-refractivity contribution in [1.82, 2.24) is 4.31 Å². The number of fused-ring (bicyclic) bond motifs is 2. The maximum atomic E-state index is 13.3. The molecule has 0 amide bonds. The third-order valence-electron chi connectivity index (χ3n) is 7.00. The first-order chi connectivity index (χ1) is 16.6. The molecular formula is C26H27NO7S. The number of hydrogen-bond donors (Lipinski definition) is 1. The highest BCUT2D eigenvalue weighted by molar-refractivity contribution is 7.89. The molecule has 1 aromatic heterocycles. The summed E-state index contributed by atoms with van der Waals surface area (Å²) in [5.74, 6) is -0.767. The van der Waals surface area contributed by atoms with Gasteiger partial charge in [0.2, 0.25) is 10.0 Å². The van der Waals surface area contributed by atoms with Crippen LogP contribution in [0.3, 0.4) is 0 Å². The van der Waals surface area contributed by atoms with Crippen molar-refractivity contribution in [2.24, 2.45) is 0 Å². The third-order valence-corrected chi connectivity index (χ3v) is 8.87. The molecule has 0 saturated carbocycles. The Morgan fingerprint density at radius 2 is 1.86 bits per heavy atom. The number of benzene rings is 2. The average molecular weight is 498 g/mol. The van der Waals surface area contributed by atoms with Gasteiger partial charge in [-0.25, -0.2) is 13.2 Å². The van der Waals surface area contributed by atoms with Gasteiger partial charge in [-0.3, -0.25) is 4.79 Å². The van der Waals surface area contributed by atoms with Crippen LogP contribution < -0.4 is 5.63 Å². The number of carbonyl (C=O) groups excluding carboxylic acids is 1. The topological polar surface area (TPSA) is 114 Å². The summed E-state index contributed by atoms with van der Waals surface area (Å²) in [4.78, 5) is 25.2. The molecule has 1 N–H and O–H groups in total. The van der Waals surface area contributed by atoms with E-state index in [1.807, 2.05) is 26.0 Å². The smallest absolute Gasteiger partial charge is 0.336 e. The van der Waals surface area contributed by atoms with Crippen LogP contribution in [-0.4, -0.2) is 42.5 Å². The lowest BCUT2D eigenvalue weighted by Gasteiger charge is -2.23. The van der Waals surface area contributed by atoms with Gasteiger partial charge in [-0.1, -0.05) is 6.07 Å². The zero-order chi connectivity index (χ0) is 24.9. The summed E-state index contributed by atoms with van der Waals surface area (Å²) < 4.78 is 38.5. The molecule has 8 nitrogen and oxygen atoms in total. The normalized spacial score (nSPS) is 20.3. The number of aliphatic hydroxyl groups is 1. The van der Waals surface area contributed by atoms with Gasteiger partial charge in [-0.2, -0.15) is 4.31 Å². The van der Waals surface area contributed by atoms with Crippen LogP contribution in [0.5, 0.6) is 0 Å². The Labute approximate surface area is 203 Å². The number of rotatable bonds is 5. The van der Waals surface area contributed by atoms with E-state index in [1.54, 1.807) is 12.1 Å². The van der Waals surface area contributed by atoms with Crippen LogP contribution in [0, 0.1) is 13.8 Å². The van der Waals surface area contributed by atoms with Crippen LogP contribution >= 0.6 is 0 Å². The van der Waals surface area contributed by atoms with E-state index in [9.17, 15) is 23.1 Å². The van der Waals surface area contributed by atoms with Crippen LogP contribution in [0.2, 0.25) is 0 Å². The maximum Gasteiger partial charge on any atom is 0.336 e. The first-order valence-corrected chi connectivity index (χ1v) is 13.1. The SMILES string of the molecule is Cc1ccc(S(=O)(=O)N2CC(O)CC2C(=O)OCc2cc(=O)oc3cc4c(cc23)CCC4)cc1C. The Morgan fingerprint density at radius 1 is 1.11 bits per heavy atom. The number of sulfonamides is 1. The third kappa shape index (κ3) is 4.39. The predicted molar refractivity (Wildman–Crippen MR) is 129 cm³/mol. The highest BCUT2D eigenvalue weighted by atomic mass is 32.2. The minimum absolute atomic E-state index is 0.0614. The Bertz CT molecular complexity index is 1490. The summed E-state index contributed by atoms with van der Waals surface area (Å²) >= 11 is 0. The Hall–Kier alpha value is -3.01. The highest BCUT2D eigenvalue weighted by Crippen LogP contribution is 2.30. The molecule has 2 aromatic carbocycles. The molecular weight excluding hydrogens is 470 g/mol. The largest absolute Gasteiger partial charge is 0.460 e. The Morgan fingerprint density at radius 3 is 2.60 bits per heavy atom. The molecule has 5 rings (SSSR count). The van der Waals surface area contributed by atoms with E-state index in [1.165, 1.54) is 17.7 Å². The summed E-state index contributed by atoms with van der Waals surface area (Å²) in [6, 6.07) is 8.75. The van der Waals surface area contributed by atoms with E-state index < -0.39 is 33.8 Å². The zero-order valence-corrected chi connectivity index (χ0v) is 20.4. The molecule has 0 spiro atoms. The van der Waals surface area contributed by atoms with Crippen molar-refractivity contribution in [3.05, 3.63) is 74.6 Å². The first kappa shape index (κ1) is 23.7. The second-order valence-electron chi connectivity index (χ2n) is 9.40. The molecule has 0 bridgehead atoms. The lowest BCUT2D eigenvalue weighted by Crippen LogP contribution is -2.41. The van der Waals surface area contributed by atoms with Crippen LogP contribution in [0.4, 0.5) is 0 Å². The minimum atomic E-state index is -4.03. The molecule has 1 saturated heterocycles. The van der Waals surface area contributed by atoms with Gasteiger partial charge in [-0.05, 0) is 79.6 Å². The summed E-state index contributed by atoms with van der Waals surface area (Å²) in [6.45, 7) is 3.30. The van der Waals surface area contributed by atoms with Crippen LogP contribution in [-0.2, 0) is 39.0 Å². The highest BCUT2D eigenvalue weighted by Gasteiger charge is 2.44. The van der Waals surface area contributed by atoms with Gasteiger partial charge >= 0.3 is 11.6 Å². The van der Waals surface area contributed by atoms with Crippen molar-refractivity contribution in [2.75, 3.05) is 6.54 Å². The second kappa shape index (κ2) is 8.89. The quantitative estimate of drug-likeness (QED) is 0.426. The number of β-amino-alcohol motifs (C(OH)–C–C–N with tert-alkyl or cyclic N) is 1. The fourth-order valence-corrected chi connectivity index (χ4v) is 6.65.